The maximum absolute atomic E-state index is 14.6. The highest BCUT2D eigenvalue weighted by Gasteiger charge is 2.26. The summed E-state index contributed by atoms with van der Waals surface area (Å²) in [6, 6.07) is 7.03. The molecule has 2 N–H and O–H groups in total. The van der Waals surface area contributed by atoms with E-state index in [0.717, 1.165) is 41.9 Å². The standard InChI is InChI=1S/C22H23F3N4O2S2/c1-29(16-5-3-6-16)11-14-4-2-7-18(23)17(14)10-26-15-8-19(24)22(20(25)9-15)33(30,31)28-21-12-32-13-27-21/h2,4,7-9,12-13,16,26,28H,3,5-6,10-11H2,1H3. The molecule has 1 heterocycles. The van der Waals surface area contributed by atoms with E-state index in [9.17, 15) is 21.6 Å². The van der Waals surface area contributed by atoms with Crippen molar-refractivity contribution < 1.29 is 21.6 Å². The van der Waals surface area contributed by atoms with E-state index in [0.29, 0.717) is 18.2 Å². The van der Waals surface area contributed by atoms with Crippen molar-refractivity contribution in [3.05, 3.63) is 69.8 Å². The van der Waals surface area contributed by atoms with Gasteiger partial charge in [0.15, 0.2) is 10.7 Å². The number of hydrogen-bond donors (Lipinski definition) is 2. The minimum atomic E-state index is -4.51. The van der Waals surface area contributed by atoms with Gasteiger partial charge < -0.3 is 5.32 Å². The van der Waals surface area contributed by atoms with Crippen LogP contribution in [0.2, 0.25) is 0 Å². The van der Waals surface area contributed by atoms with Gasteiger partial charge in [-0.1, -0.05) is 18.6 Å². The second-order valence-corrected chi connectivity index (χ2v) is 10.3. The quantitative estimate of drug-likeness (QED) is 0.438. The van der Waals surface area contributed by atoms with Crippen LogP contribution in [0.5, 0.6) is 0 Å². The van der Waals surface area contributed by atoms with Gasteiger partial charge in [-0.3, -0.25) is 9.62 Å². The Labute approximate surface area is 194 Å². The number of sulfonamides is 1. The first-order valence-corrected chi connectivity index (χ1v) is 12.8. The molecule has 11 heteroatoms. The van der Waals surface area contributed by atoms with Crippen molar-refractivity contribution in [3.8, 4) is 0 Å². The fourth-order valence-electron chi connectivity index (χ4n) is 3.74. The Morgan fingerprint density at radius 1 is 1.15 bits per heavy atom. The lowest BCUT2D eigenvalue weighted by atomic mass is 9.91. The molecular formula is C22H23F3N4O2S2. The van der Waals surface area contributed by atoms with Gasteiger partial charge in [-0.2, -0.15) is 0 Å². The molecule has 1 saturated carbocycles. The average Bonchev–Trinajstić information content (AvgIpc) is 3.17. The summed E-state index contributed by atoms with van der Waals surface area (Å²) in [5, 5.41) is 4.21. The lowest BCUT2D eigenvalue weighted by Gasteiger charge is -2.35. The maximum atomic E-state index is 14.6. The zero-order chi connectivity index (χ0) is 23.6. The van der Waals surface area contributed by atoms with Crippen LogP contribution in [0.4, 0.5) is 24.7 Å². The second kappa shape index (κ2) is 9.70. The summed E-state index contributed by atoms with van der Waals surface area (Å²) < 4.78 is 70.7. The summed E-state index contributed by atoms with van der Waals surface area (Å²) in [6.45, 7) is 0.546. The predicted octanol–water partition coefficient (Wildman–Crippen LogP) is 4.96. The van der Waals surface area contributed by atoms with Gasteiger partial charge in [0.05, 0.1) is 5.51 Å². The number of hydrogen-bond acceptors (Lipinski definition) is 6. The fourth-order valence-corrected chi connectivity index (χ4v) is 5.41. The topological polar surface area (TPSA) is 74.3 Å². The van der Waals surface area contributed by atoms with E-state index < -0.39 is 32.4 Å². The van der Waals surface area contributed by atoms with E-state index in [4.69, 9.17) is 0 Å². The molecular weight excluding hydrogens is 473 g/mol. The number of aromatic nitrogens is 1. The number of benzene rings is 2. The van der Waals surface area contributed by atoms with Gasteiger partial charge in [0.1, 0.15) is 17.5 Å². The lowest BCUT2D eigenvalue weighted by molar-refractivity contribution is 0.152. The number of nitrogens with zero attached hydrogens (tertiary/aromatic N) is 2. The van der Waals surface area contributed by atoms with Crippen molar-refractivity contribution in [1.82, 2.24) is 9.88 Å². The highest BCUT2D eigenvalue weighted by molar-refractivity contribution is 7.92. The summed E-state index contributed by atoms with van der Waals surface area (Å²) in [7, 11) is -2.51. The molecule has 176 valence electrons. The van der Waals surface area contributed by atoms with Crippen molar-refractivity contribution in [1.29, 1.82) is 0 Å². The Kier molecular flexibility index (Phi) is 6.91. The van der Waals surface area contributed by atoms with Gasteiger partial charge in [0, 0.05) is 35.8 Å². The molecule has 1 aromatic heterocycles. The number of rotatable bonds is 9. The fraction of sp³-hybridized carbons (Fsp3) is 0.318. The summed E-state index contributed by atoms with van der Waals surface area (Å²) in [5.74, 6) is -2.98. The van der Waals surface area contributed by atoms with Crippen LogP contribution in [0.3, 0.4) is 0 Å². The molecule has 4 rings (SSSR count). The predicted molar refractivity (Wildman–Crippen MR) is 122 cm³/mol. The Bertz CT molecular complexity index is 1210. The van der Waals surface area contributed by atoms with Crippen molar-refractivity contribution in [2.45, 2.75) is 43.3 Å². The molecule has 0 bridgehead atoms. The molecule has 0 saturated heterocycles. The molecule has 2 aromatic carbocycles. The molecule has 0 unspecified atom stereocenters. The zero-order valence-electron chi connectivity index (χ0n) is 17.8. The van der Waals surface area contributed by atoms with Gasteiger partial charge in [-0.25, -0.2) is 26.6 Å². The number of nitrogens with one attached hydrogen (secondary N) is 2. The van der Waals surface area contributed by atoms with E-state index in [1.165, 1.54) is 23.4 Å². The minimum absolute atomic E-state index is 0.000779. The second-order valence-electron chi connectivity index (χ2n) is 7.98. The van der Waals surface area contributed by atoms with Crippen molar-refractivity contribution in [2.24, 2.45) is 0 Å². The monoisotopic (exact) mass is 496 g/mol. The largest absolute Gasteiger partial charge is 0.381 e. The molecule has 0 radical (unpaired) electrons. The Morgan fingerprint density at radius 2 is 1.88 bits per heavy atom. The summed E-state index contributed by atoms with van der Waals surface area (Å²) in [5.41, 5.74) is 2.56. The molecule has 0 aliphatic heterocycles. The van der Waals surface area contributed by atoms with Gasteiger partial charge in [-0.15, -0.1) is 11.3 Å². The summed E-state index contributed by atoms with van der Waals surface area (Å²) in [6.07, 6.45) is 3.42. The Morgan fingerprint density at radius 3 is 2.48 bits per heavy atom. The molecule has 1 aliphatic rings. The van der Waals surface area contributed by atoms with Crippen LogP contribution in [-0.2, 0) is 23.1 Å². The van der Waals surface area contributed by atoms with Gasteiger partial charge in [0.25, 0.3) is 10.0 Å². The first kappa shape index (κ1) is 23.5. The number of halogens is 3. The van der Waals surface area contributed by atoms with Crippen LogP contribution in [-0.4, -0.2) is 31.4 Å². The molecule has 0 atom stereocenters. The lowest BCUT2D eigenvalue weighted by Crippen LogP contribution is -2.36. The molecule has 0 spiro atoms. The Hall–Kier alpha value is -2.63. The van der Waals surface area contributed by atoms with E-state index in [1.807, 2.05) is 17.8 Å². The van der Waals surface area contributed by atoms with Crippen molar-refractivity contribution >= 4 is 32.9 Å². The van der Waals surface area contributed by atoms with Crippen LogP contribution < -0.4 is 10.0 Å². The van der Waals surface area contributed by atoms with Gasteiger partial charge >= 0.3 is 0 Å². The van der Waals surface area contributed by atoms with E-state index in [1.54, 1.807) is 6.07 Å². The van der Waals surface area contributed by atoms with Crippen LogP contribution >= 0.6 is 11.3 Å². The highest BCUT2D eigenvalue weighted by Crippen LogP contribution is 2.28. The SMILES string of the molecule is CN(Cc1cccc(F)c1CNc1cc(F)c(S(=O)(=O)Nc2cscn2)c(F)c1)C1CCC1. The molecule has 1 aliphatic carbocycles. The number of thiazole rings is 1. The van der Waals surface area contributed by atoms with E-state index in [-0.39, 0.29) is 18.1 Å². The highest BCUT2D eigenvalue weighted by atomic mass is 32.2. The Balaban J connectivity index is 1.51. The number of anilines is 2. The molecule has 33 heavy (non-hydrogen) atoms. The zero-order valence-corrected chi connectivity index (χ0v) is 19.4. The summed E-state index contributed by atoms with van der Waals surface area (Å²) in [4.78, 5) is 4.83. The molecule has 1 fully saturated rings. The average molecular weight is 497 g/mol. The third kappa shape index (κ3) is 5.31. The van der Waals surface area contributed by atoms with Crippen molar-refractivity contribution in [2.75, 3.05) is 17.1 Å². The third-order valence-corrected chi connectivity index (χ3v) is 7.73. The van der Waals surface area contributed by atoms with Crippen LogP contribution in [0.1, 0.15) is 30.4 Å². The smallest absolute Gasteiger partial charge is 0.268 e. The summed E-state index contributed by atoms with van der Waals surface area (Å²) >= 11 is 1.13. The maximum Gasteiger partial charge on any atom is 0.268 e. The van der Waals surface area contributed by atoms with Gasteiger partial charge in [0.2, 0.25) is 0 Å². The van der Waals surface area contributed by atoms with Crippen LogP contribution in [0, 0.1) is 17.5 Å². The molecule has 6 nitrogen and oxygen atoms in total. The first-order chi connectivity index (χ1) is 15.7. The van der Waals surface area contributed by atoms with Crippen LogP contribution in [0.25, 0.3) is 0 Å². The minimum Gasteiger partial charge on any atom is -0.381 e. The van der Waals surface area contributed by atoms with E-state index in [2.05, 4.69) is 15.2 Å². The normalized spacial score (nSPS) is 14.3. The van der Waals surface area contributed by atoms with Crippen LogP contribution in [0.15, 0.2) is 46.1 Å². The van der Waals surface area contributed by atoms with E-state index >= 15 is 0 Å². The van der Waals surface area contributed by atoms with Crippen molar-refractivity contribution in [3.63, 3.8) is 0 Å². The molecule has 3 aromatic rings. The first-order valence-electron chi connectivity index (χ1n) is 10.3. The van der Waals surface area contributed by atoms with Gasteiger partial charge in [-0.05, 0) is 43.7 Å². The molecule has 0 amide bonds. The third-order valence-electron chi connectivity index (χ3n) is 5.74.